The lowest BCUT2D eigenvalue weighted by Gasteiger charge is -2.02. The van der Waals surface area contributed by atoms with E-state index in [0.29, 0.717) is 0 Å². The first-order valence-corrected chi connectivity index (χ1v) is 2.24. The first kappa shape index (κ1) is 7.33. The van der Waals surface area contributed by atoms with Crippen molar-refractivity contribution in [3.63, 3.8) is 0 Å². The predicted octanol–water partition coefficient (Wildman–Crippen LogP) is 1.04. The summed E-state index contributed by atoms with van der Waals surface area (Å²) in [4.78, 5) is 10.1. The topological polar surface area (TPSA) is 20.3 Å². The third-order valence-corrected chi connectivity index (χ3v) is 0.678. The molecule has 0 radical (unpaired) electrons. The van der Waals surface area contributed by atoms with Crippen LogP contribution in [0.3, 0.4) is 0 Å². The van der Waals surface area contributed by atoms with Gasteiger partial charge < -0.3 is 0 Å². The highest BCUT2D eigenvalue weighted by Gasteiger charge is 2.07. The van der Waals surface area contributed by atoms with Gasteiger partial charge in [0, 0.05) is 6.42 Å². The molecule has 0 fully saturated rings. The van der Waals surface area contributed by atoms with Crippen molar-refractivity contribution >= 4 is 5.91 Å². The molecule has 0 heterocycles. The third-order valence-electron chi connectivity index (χ3n) is 0.678. The van der Waals surface area contributed by atoms with Gasteiger partial charge in [-0.2, -0.15) is 0 Å². The molecule has 48 valence electrons. The number of carbonyl (C=O) groups is 1. The molecule has 0 aromatic heterocycles. The zero-order valence-electron chi connectivity index (χ0n) is 4.53. The van der Waals surface area contributed by atoms with Gasteiger partial charge in [0.25, 0.3) is 5.91 Å². The lowest BCUT2D eigenvalue weighted by molar-refractivity contribution is -0.150. The second kappa shape index (κ2) is 3.35. The van der Waals surface area contributed by atoms with Crippen LogP contribution in [0.4, 0.5) is 8.87 Å². The quantitative estimate of drug-likeness (QED) is 0.396. The molecule has 0 aliphatic rings. The molecule has 0 spiro atoms. The molecule has 2 nitrogen and oxygen atoms in total. The largest absolute Gasteiger partial charge is 0.272 e. The minimum atomic E-state index is -1.35. The van der Waals surface area contributed by atoms with E-state index >= 15 is 0 Å². The molecule has 8 heavy (non-hydrogen) atoms. The fourth-order valence-corrected chi connectivity index (χ4v) is 0.238. The number of nitrogens with zero attached hydrogens (tertiary/aromatic N) is 1. The maximum Gasteiger partial charge on any atom is 0.252 e. The van der Waals surface area contributed by atoms with Crippen molar-refractivity contribution in [2.45, 2.75) is 13.3 Å². The minimum Gasteiger partial charge on any atom is -0.272 e. The van der Waals surface area contributed by atoms with Crippen molar-refractivity contribution in [2.75, 3.05) is 6.80 Å². The molecule has 1 amide bonds. The highest BCUT2D eigenvalue weighted by Crippen LogP contribution is 1.92. The number of carbonyl (C=O) groups excluding carboxylic acids is 1. The molecule has 0 saturated carbocycles. The third kappa shape index (κ3) is 1.86. The zero-order valence-corrected chi connectivity index (χ0v) is 4.53. The summed E-state index contributed by atoms with van der Waals surface area (Å²) >= 11 is 0. The Bertz CT molecular complexity index is 86.1. The van der Waals surface area contributed by atoms with E-state index in [9.17, 15) is 13.7 Å². The van der Waals surface area contributed by atoms with Gasteiger partial charge >= 0.3 is 0 Å². The van der Waals surface area contributed by atoms with E-state index in [1.54, 1.807) is 0 Å². The molecule has 0 rings (SSSR count). The number of hydrogen-bond donors (Lipinski definition) is 0. The van der Waals surface area contributed by atoms with Gasteiger partial charge in [0.15, 0.2) is 6.80 Å². The van der Waals surface area contributed by atoms with Crippen molar-refractivity contribution in [3.05, 3.63) is 0 Å². The molecule has 0 saturated heterocycles. The Morgan fingerprint density at radius 2 is 2.25 bits per heavy atom. The van der Waals surface area contributed by atoms with Crippen molar-refractivity contribution in [1.82, 2.24) is 5.12 Å². The van der Waals surface area contributed by atoms with E-state index < -0.39 is 17.8 Å². The molecular weight excluding hydrogens is 116 g/mol. The van der Waals surface area contributed by atoms with Crippen LogP contribution in [0.15, 0.2) is 0 Å². The summed E-state index contributed by atoms with van der Waals surface area (Å²) in [5.41, 5.74) is 0. The number of rotatable bonds is 2. The fourth-order valence-electron chi connectivity index (χ4n) is 0.238. The summed E-state index contributed by atoms with van der Waals surface area (Å²) in [6.07, 6.45) is 0.000417. The molecule has 0 aromatic rings. The summed E-state index contributed by atoms with van der Waals surface area (Å²) in [5.74, 6) is -0.826. The number of hydrogen-bond acceptors (Lipinski definition) is 1. The molecule has 4 heteroatoms. The van der Waals surface area contributed by atoms with E-state index in [-0.39, 0.29) is 6.42 Å². The second-order valence-electron chi connectivity index (χ2n) is 1.23. The smallest absolute Gasteiger partial charge is 0.252 e. The first-order valence-electron chi connectivity index (χ1n) is 2.24. The summed E-state index contributed by atoms with van der Waals surface area (Å²) in [7, 11) is 0. The molecular formula is C4H7F2NO. The van der Waals surface area contributed by atoms with Crippen LogP contribution in [0.5, 0.6) is 0 Å². The monoisotopic (exact) mass is 123 g/mol. The Morgan fingerprint density at radius 1 is 1.75 bits per heavy atom. The molecule has 0 N–H and O–H groups in total. The standard InChI is InChI=1S/C4H7F2NO/c1-2-4(8)7(6)3-5/h2-3H2,1H3. The lowest BCUT2D eigenvalue weighted by Crippen LogP contribution is -2.19. The van der Waals surface area contributed by atoms with Crippen molar-refractivity contribution in [1.29, 1.82) is 0 Å². The van der Waals surface area contributed by atoms with Crippen molar-refractivity contribution < 1.29 is 13.7 Å². The maximum absolute atomic E-state index is 11.6. The van der Waals surface area contributed by atoms with Crippen LogP contribution >= 0.6 is 0 Å². The Kier molecular flexibility index (Phi) is 3.07. The van der Waals surface area contributed by atoms with Crippen LogP contribution in [0, 0.1) is 0 Å². The van der Waals surface area contributed by atoms with E-state index in [1.807, 2.05) is 0 Å². The summed E-state index contributed by atoms with van der Waals surface area (Å²) in [6, 6.07) is 0. The first-order chi connectivity index (χ1) is 3.72. The Labute approximate surface area is 46.0 Å². The molecule has 0 aliphatic heterocycles. The van der Waals surface area contributed by atoms with Crippen LogP contribution in [0.1, 0.15) is 13.3 Å². The van der Waals surface area contributed by atoms with Crippen LogP contribution in [-0.2, 0) is 4.79 Å². The van der Waals surface area contributed by atoms with Gasteiger partial charge in [-0.05, 0) is 0 Å². The van der Waals surface area contributed by atoms with Gasteiger partial charge in [0.05, 0.1) is 0 Å². The average Bonchev–Trinajstić information content (AvgIpc) is 1.84. The van der Waals surface area contributed by atoms with E-state index in [4.69, 9.17) is 0 Å². The molecule has 0 bridgehead atoms. The summed E-state index contributed by atoms with van der Waals surface area (Å²) in [6.45, 7) is 0.108. The number of alkyl halides is 1. The molecule has 0 aliphatic carbocycles. The Balaban J connectivity index is 3.46. The van der Waals surface area contributed by atoms with Crippen LogP contribution in [0.25, 0.3) is 0 Å². The second-order valence-corrected chi connectivity index (χ2v) is 1.23. The fraction of sp³-hybridized carbons (Fsp3) is 0.750. The normalized spacial score (nSPS) is 8.88. The van der Waals surface area contributed by atoms with Gasteiger partial charge in [-0.1, -0.05) is 11.4 Å². The maximum atomic E-state index is 11.6. The van der Waals surface area contributed by atoms with Crippen molar-refractivity contribution in [2.24, 2.45) is 0 Å². The van der Waals surface area contributed by atoms with Crippen LogP contribution in [0.2, 0.25) is 0 Å². The van der Waals surface area contributed by atoms with Crippen LogP contribution < -0.4 is 0 Å². The SMILES string of the molecule is CCC(=O)N(F)CF. The van der Waals surface area contributed by atoms with E-state index in [1.165, 1.54) is 6.92 Å². The Hall–Kier alpha value is -0.670. The van der Waals surface area contributed by atoms with Gasteiger partial charge in [-0.15, -0.1) is 5.12 Å². The number of amides is 1. The number of halogens is 2. The van der Waals surface area contributed by atoms with Crippen LogP contribution in [-0.4, -0.2) is 17.8 Å². The lowest BCUT2D eigenvalue weighted by atomic mass is 10.5. The zero-order chi connectivity index (χ0) is 6.57. The highest BCUT2D eigenvalue weighted by atomic mass is 19.2. The van der Waals surface area contributed by atoms with E-state index in [2.05, 4.69) is 0 Å². The van der Waals surface area contributed by atoms with E-state index in [0.717, 1.165) is 0 Å². The van der Waals surface area contributed by atoms with Gasteiger partial charge in [-0.3, -0.25) is 4.79 Å². The van der Waals surface area contributed by atoms with Gasteiger partial charge in [-0.25, -0.2) is 4.39 Å². The summed E-state index contributed by atoms with van der Waals surface area (Å²) < 4.78 is 22.8. The minimum absolute atomic E-state index is 0.000417. The van der Waals surface area contributed by atoms with Crippen molar-refractivity contribution in [3.8, 4) is 0 Å². The Morgan fingerprint density at radius 3 is 2.38 bits per heavy atom. The average molecular weight is 123 g/mol. The van der Waals surface area contributed by atoms with Gasteiger partial charge in [0.2, 0.25) is 0 Å². The summed E-state index contributed by atoms with van der Waals surface area (Å²) in [5, 5.41) is -0.458. The molecule has 0 unspecified atom stereocenters. The highest BCUT2D eigenvalue weighted by molar-refractivity contribution is 5.74. The molecule has 0 atom stereocenters. The molecule has 0 aromatic carbocycles. The van der Waals surface area contributed by atoms with Gasteiger partial charge in [0.1, 0.15) is 0 Å². The predicted molar refractivity (Wildman–Crippen MR) is 24.2 cm³/mol.